The Labute approximate surface area is 192 Å². The van der Waals surface area contributed by atoms with Crippen LogP contribution in [0.2, 0.25) is 0 Å². The summed E-state index contributed by atoms with van der Waals surface area (Å²) in [6.07, 6.45) is 4.74. The SMILES string of the molecule is CN=C(NCc1cccc(NC(=O)N2CCCC2)c1)N1CCC(CC(C)C)C1.I. The topological polar surface area (TPSA) is 60.0 Å². The van der Waals surface area contributed by atoms with Crippen LogP contribution in [0.3, 0.4) is 0 Å². The number of carbonyl (C=O) groups excluding carboxylic acids is 1. The fourth-order valence-corrected chi connectivity index (χ4v) is 4.28. The minimum absolute atomic E-state index is 0. The van der Waals surface area contributed by atoms with Crippen molar-refractivity contribution in [2.24, 2.45) is 16.8 Å². The van der Waals surface area contributed by atoms with Crippen LogP contribution in [0.1, 0.15) is 45.1 Å². The van der Waals surface area contributed by atoms with Crippen LogP contribution in [0.5, 0.6) is 0 Å². The Morgan fingerprint density at radius 2 is 1.97 bits per heavy atom. The molecule has 6 nitrogen and oxygen atoms in total. The Hall–Kier alpha value is -1.51. The van der Waals surface area contributed by atoms with E-state index in [1.165, 1.54) is 12.8 Å². The van der Waals surface area contributed by atoms with Crippen LogP contribution >= 0.6 is 24.0 Å². The third-order valence-corrected chi connectivity index (χ3v) is 5.62. The van der Waals surface area contributed by atoms with Gasteiger partial charge in [-0.2, -0.15) is 0 Å². The molecule has 0 radical (unpaired) electrons. The highest BCUT2D eigenvalue weighted by Gasteiger charge is 2.25. The molecule has 0 bridgehead atoms. The van der Waals surface area contributed by atoms with Crippen molar-refractivity contribution in [3.63, 3.8) is 0 Å². The van der Waals surface area contributed by atoms with Crippen LogP contribution in [0.25, 0.3) is 0 Å². The number of hydrogen-bond donors (Lipinski definition) is 2. The number of nitrogens with zero attached hydrogens (tertiary/aromatic N) is 3. The number of halogens is 1. The molecule has 2 saturated heterocycles. The van der Waals surface area contributed by atoms with Gasteiger partial charge in [0.2, 0.25) is 0 Å². The summed E-state index contributed by atoms with van der Waals surface area (Å²) in [6.45, 7) is 9.17. The average Bonchev–Trinajstić information content (AvgIpc) is 3.34. The van der Waals surface area contributed by atoms with Crippen molar-refractivity contribution in [1.29, 1.82) is 0 Å². The van der Waals surface area contributed by atoms with Gasteiger partial charge in [-0.15, -0.1) is 24.0 Å². The van der Waals surface area contributed by atoms with Gasteiger partial charge in [-0.05, 0) is 55.2 Å². The quantitative estimate of drug-likeness (QED) is 0.349. The van der Waals surface area contributed by atoms with Gasteiger partial charge in [0.1, 0.15) is 0 Å². The molecule has 3 rings (SSSR count). The van der Waals surface area contributed by atoms with E-state index in [-0.39, 0.29) is 30.0 Å². The first-order valence-electron chi connectivity index (χ1n) is 10.7. The number of nitrogens with one attached hydrogen (secondary N) is 2. The lowest BCUT2D eigenvalue weighted by Crippen LogP contribution is -2.39. The number of likely N-dealkylation sites (tertiary alicyclic amines) is 2. The smallest absolute Gasteiger partial charge is 0.321 e. The second-order valence-electron chi connectivity index (χ2n) is 8.46. The van der Waals surface area contributed by atoms with Crippen LogP contribution in [0, 0.1) is 11.8 Å². The molecule has 2 aliphatic heterocycles. The Kier molecular flexibility index (Phi) is 9.52. The van der Waals surface area contributed by atoms with Gasteiger partial charge < -0.3 is 20.4 Å². The summed E-state index contributed by atoms with van der Waals surface area (Å²) in [5.74, 6) is 2.49. The second-order valence-corrected chi connectivity index (χ2v) is 8.46. The van der Waals surface area contributed by atoms with Crippen LogP contribution in [0.15, 0.2) is 29.3 Å². The molecule has 1 aromatic rings. The molecule has 2 heterocycles. The lowest BCUT2D eigenvalue weighted by Gasteiger charge is -2.22. The molecule has 0 aromatic heterocycles. The molecule has 1 unspecified atom stereocenters. The number of benzene rings is 1. The zero-order valence-corrected chi connectivity index (χ0v) is 20.3. The molecular formula is C22H36IN5O. The zero-order chi connectivity index (χ0) is 19.9. The highest BCUT2D eigenvalue weighted by molar-refractivity contribution is 14.0. The first kappa shape index (κ1) is 23.8. The van der Waals surface area contributed by atoms with Gasteiger partial charge >= 0.3 is 6.03 Å². The maximum atomic E-state index is 12.3. The molecule has 1 aromatic carbocycles. The monoisotopic (exact) mass is 513 g/mol. The number of anilines is 1. The van der Waals surface area contributed by atoms with Gasteiger partial charge in [-0.3, -0.25) is 4.99 Å². The van der Waals surface area contributed by atoms with Gasteiger partial charge in [0.25, 0.3) is 0 Å². The van der Waals surface area contributed by atoms with Crippen LogP contribution in [-0.2, 0) is 6.54 Å². The van der Waals surface area contributed by atoms with Crippen molar-refractivity contribution < 1.29 is 4.79 Å². The Morgan fingerprint density at radius 3 is 2.66 bits per heavy atom. The summed E-state index contributed by atoms with van der Waals surface area (Å²) in [5, 5.41) is 6.51. The maximum absolute atomic E-state index is 12.3. The minimum atomic E-state index is 0. The third-order valence-electron chi connectivity index (χ3n) is 5.62. The van der Waals surface area contributed by atoms with E-state index in [0.717, 1.165) is 68.1 Å². The van der Waals surface area contributed by atoms with E-state index in [1.54, 1.807) is 0 Å². The van der Waals surface area contributed by atoms with Crippen molar-refractivity contribution >= 4 is 41.7 Å². The molecule has 1 atom stereocenters. The van der Waals surface area contributed by atoms with E-state index < -0.39 is 0 Å². The first-order valence-corrected chi connectivity index (χ1v) is 10.7. The molecular weight excluding hydrogens is 477 g/mol. The van der Waals surface area contributed by atoms with Crippen molar-refractivity contribution in [2.75, 3.05) is 38.5 Å². The van der Waals surface area contributed by atoms with Crippen LogP contribution < -0.4 is 10.6 Å². The number of carbonyl (C=O) groups is 1. The second kappa shape index (κ2) is 11.6. The summed E-state index contributed by atoms with van der Waals surface area (Å²) in [6, 6.07) is 8.07. The van der Waals surface area contributed by atoms with E-state index in [4.69, 9.17) is 0 Å². The largest absolute Gasteiger partial charge is 0.352 e. The molecule has 29 heavy (non-hydrogen) atoms. The molecule has 2 N–H and O–H groups in total. The van der Waals surface area contributed by atoms with Crippen molar-refractivity contribution in [2.45, 2.75) is 46.1 Å². The Morgan fingerprint density at radius 1 is 1.21 bits per heavy atom. The van der Waals surface area contributed by atoms with E-state index in [1.807, 2.05) is 30.1 Å². The molecule has 162 valence electrons. The molecule has 2 amide bonds. The van der Waals surface area contributed by atoms with Gasteiger partial charge in [-0.25, -0.2) is 4.79 Å². The lowest BCUT2D eigenvalue weighted by molar-refractivity contribution is 0.222. The maximum Gasteiger partial charge on any atom is 0.321 e. The highest BCUT2D eigenvalue weighted by atomic mass is 127. The average molecular weight is 513 g/mol. The lowest BCUT2D eigenvalue weighted by atomic mass is 9.97. The van der Waals surface area contributed by atoms with E-state index in [0.29, 0.717) is 6.54 Å². The predicted octanol–water partition coefficient (Wildman–Crippen LogP) is 4.38. The Balaban J connectivity index is 0.00000300. The van der Waals surface area contributed by atoms with E-state index >= 15 is 0 Å². The van der Waals surface area contributed by atoms with Gasteiger partial charge in [0.15, 0.2) is 5.96 Å². The van der Waals surface area contributed by atoms with Crippen molar-refractivity contribution in [3.8, 4) is 0 Å². The standard InChI is InChI=1S/C22H35N5O.HI/c1-17(2)13-19-9-12-27(16-19)21(23-3)24-15-18-7-6-8-20(14-18)25-22(28)26-10-4-5-11-26;/h6-8,14,17,19H,4-5,9-13,15-16H2,1-3H3,(H,23,24)(H,25,28);1H. The summed E-state index contributed by atoms with van der Waals surface area (Å²) in [7, 11) is 1.85. The number of hydrogen-bond acceptors (Lipinski definition) is 2. The third kappa shape index (κ3) is 7.04. The van der Waals surface area contributed by atoms with Gasteiger partial charge in [0.05, 0.1) is 0 Å². The number of rotatable bonds is 5. The summed E-state index contributed by atoms with van der Waals surface area (Å²) < 4.78 is 0. The number of urea groups is 1. The number of amides is 2. The van der Waals surface area contributed by atoms with E-state index in [9.17, 15) is 4.79 Å². The molecule has 2 aliphatic rings. The summed E-state index contributed by atoms with van der Waals surface area (Å²) in [5.41, 5.74) is 1.99. The summed E-state index contributed by atoms with van der Waals surface area (Å²) >= 11 is 0. The number of aliphatic imine (C=N–C) groups is 1. The minimum Gasteiger partial charge on any atom is -0.352 e. The van der Waals surface area contributed by atoms with Crippen molar-refractivity contribution in [1.82, 2.24) is 15.1 Å². The van der Waals surface area contributed by atoms with Crippen molar-refractivity contribution in [3.05, 3.63) is 29.8 Å². The fraction of sp³-hybridized carbons (Fsp3) is 0.636. The van der Waals surface area contributed by atoms with Crippen LogP contribution in [-0.4, -0.2) is 55.0 Å². The summed E-state index contributed by atoms with van der Waals surface area (Å²) in [4.78, 5) is 21.0. The molecule has 2 fully saturated rings. The molecule has 0 aliphatic carbocycles. The number of guanidine groups is 1. The normalized spacial score (nSPS) is 19.4. The fourth-order valence-electron chi connectivity index (χ4n) is 4.28. The first-order chi connectivity index (χ1) is 13.5. The molecule has 0 spiro atoms. The Bertz CT molecular complexity index is 688. The highest BCUT2D eigenvalue weighted by Crippen LogP contribution is 2.23. The predicted molar refractivity (Wildman–Crippen MR) is 131 cm³/mol. The zero-order valence-electron chi connectivity index (χ0n) is 18.0. The van der Waals surface area contributed by atoms with Gasteiger partial charge in [-0.1, -0.05) is 26.0 Å². The van der Waals surface area contributed by atoms with Gasteiger partial charge in [0, 0.05) is 45.5 Å². The molecule has 7 heteroatoms. The molecule has 0 saturated carbocycles. The van der Waals surface area contributed by atoms with E-state index in [2.05, 4.69) is 40.4 Å². The van der Waals surface area contributed by atoms with Crippen LogP contribution in [0.4, 0.5) is 10.5 Å².